The molecular weight excluding hydrogens is 304 g/mol. The van der Waals surface area contributed by atoms with Crippen LogP contribution in [0, 0.1) is 0 Å². The van der Waals surface area contributed by atoms with Gasteiger partial charge in [0.05, 0.1) is 26.4 Å². The molecule has 1 saturated heterocycles. The number of methoxy groups -OCH3 is 1. The fraction of sp³-hybridized carbons (Fsp3) is 0.667. The summed E-state index contributed by atoms with van der Waals surface area (Å²) < 4.78 is 10.2. The molecule has 0 atom stereocenters. The van der Waals surface area contributed by atoms with E-state index in [4.69, 9.17) is 21.4 Å². The number of esters is 1. The normalized spacial score (nSPS) is 16.4. The number of carbonyl (C=O) groups is 1. The third-order valence-corrected chi connectivity index (χ3v) is 4.58. The third-order valence-electron chi connectivity index (χ3n) is 3.10. The van der Waals surface area contributed by atoms with E-state index in [1.807, 2.05) is 0 Å². The maximum Gasteiger partial charge on any atom is 0.351 e. The number of halogens is 1. The minimum atomic E-state index is -0.458. The van der Waals surface area contributed by atoms with Crippen LogP contribution in [0.15, 0.2) is 0 Å². The van der Waals surface area contributed by atoms with Crippen LogP contribution < -0.4 is 4.90 Å². The van der Waals surface area contributed by atoms with Crippen molar-refractivity contribution in [3.05, 3.63) is 10.0 Å². The maximum absolute atomic E-state index is 11.5. The van der Waals surface area contributed by atoms with Crippen molar-refractivity contribution in [1.82, 2.24) is 4.98 Å². The average molecular weight is 321 g/mol. The van der Waals surface area contributed by atoms with Crippen LogP contribution in [0.1, 0.15) is 22.5 Å². The van der Waals surface area contributed by atoms with Gasteiger partial charge in [-0.2, -0.15) is 0 Å². The Labute approximate surface area is 126 Å². The quantitative estimate of drug-likeness (QED) is 0.830. The highest BCUT2D eigenvalue weighted by Gasteiger charge is 2.25. The molecule has 20 heavy (non-hydrogen) atoms. The van der Waals surface area contributed by atoms with Crippen molar-refractivity contribution in [2.45, 2.75) is 18.9 Å². The summed E-state index contributed by atoms with van der Waals surface area (Å²) in [5.41, 5.74) is 0. The van der Waals surface area contributed by atoms with Crippen molar-refractivity contribution in [1.29, 1.82) is 0 Å². The number of anilines is 1. The van der Waals surface area contributed by atoms with Crippen molar-refractivity contribution in [2.75, 3.05) is 38.3 Å². The van der Waals surface area contributed by atoms with Gasteiger partial charge in [0.25, 0.3) is 0 Å². The number of aliphatic hydroxyl groups excluding tert-OH is 1. The van der Waals surface area contributed by atoms with Crippen LogP contribution in [-0.2, 0) is 9.47 Å². The van der Waals surface area contributed by atoms with Crippen LogP contribution in [0.25, 0.3) is 0 Å². The van der Waals surface area contributed by atoms with E-state index in [1.165, 1.54) is 18.4 Å². The largest absolute Gasteiger partial charge is 0.465 e. The molecule has 0 radical (unpaired) electrons. The predicted molar refractivity (Wildman–Crippen MR) is 76.7 cm³/mol. The molecule has 0 bridgehead atoms. The van der Waals surface area contributed by atoms with E-state index in [9.17, 15) is 4.79 Å². The number of hydrogen-bond acceptors (Lipinski definition) is 7. The van der Waals surface area contributed by atoms with Gasteiger partial charge in [-0.15, -0.1) is 0 Å². The van der Waals surface area contributed by atoms with E-state index in [0.717, 1.165) is 31.1 Å². The van der Waals surface area contributed by atoms with Gasteiger partial charge in [0.1, 0.15) is 0 Å². The lowest BCUT2D eigenvalue weighted by Gasteiger charge is -2.31. The summed E-state index contributed by atoms with van der Waals surface area (Å²) in [6.45, 7) is 2.01. The molecule has 1 aliphatic heterocycles. The van der Waals surface area contributed by atoms with E-state index in [1.54, 1.807) is 0 Å². The highest BCUT2D eigenvalue weighted by atomic mass is 35.5. The first-order valence-electron chi connectivity index (χ1n) is 6.37. The van der Waals surface area contributed by atoms with Gasteiger partial charge in [-0.25, -0.2) is 9.78 Å². The summed E-state index contributed by atoms with van der Waals surface area (Å²) in [6, 6.07) is 0. The molecule has 8 heteroatoms. The van der Waals surface area contributed by atoms with Gasteiger partial charge < -0.3 is 19.5 Å². The standard InChI is InChI=1S/C12H17ClN2O4S/c1-18-11(17)9-10(13)14-12(20-9)15-4-2-8(3-5-15)19-7-6-16/h8,16H,2-7H2,1H3. The first-order valence-corrected chi connectivity index (χ1v) is 7.57. The lowest BCUT2D eigenvalue weighted by atomic mass is 10.1. The smallest absolute Gasteiger partial charge is 0.351 e. The SMILES string of the molecule is COC(=O)c1sc(N2CCC(OCCO)CC2)nc1Cl. The number of hydrogen-bond donors (Lipinski definition) is 1. The number of aromatic nitrogens is 1. The predicted octanol–water partition coefficient (Wildman–Crippen LogP) is 1.56. The summed E-state index contributed by atoms with van der Waals surface area (Å²) >= 11 is 7.20. The molecule has 1 aromatic rings. The van der Waals surface area contributed by atoms with Gasteiger partial charge in [-0.3, -0.25) is 0 Å². The number of carbonyl (C=O) groups excluding carboxylic acids is 1. The van der Waals surface area contributed by atoms with Gasteiger partial charge >= 0.3 is 5.97 Å². The van der Waals surface area contributed by atoms with Crippen molar-refractivity contribution >= 4 is 34.0 Å². The third kappa shape index (κ3) is 3.60. The molecule has 0 saturated carbocycles. The topological polar surface area (TPSA) is 71.9 Å². The number of aliphatic hydroxyl groups is 1. The van der Waals surface area contributed by atoms with Crippen LogP contribution >= 0.6 is 22.9 Å². The van der Waals surface area contributed by atoms with E-state index in [2.05, 4.69) is 14.6 Å². The Hall–Kier alpha value is -0.890. The first-order chi connectivity index (χ1) is 9.65. The number of ether oxygens (including phenoxy) is 2. The zero-order valence-electron chi connectivity index (χ0n) is 11.2. The molecule has 0 spiro atoms. The Morgan fingerprint density at radius 2 is 2.25 bits per heavy atom. The van der Waals surface area contributed by atoms with Gasteiger partial charge in [0.15, 0.2) is 15.2 Å². The Morgan fingerprint density at radius 3 is 2.85 bits per heavy atom. The average Bonchev–Trinajstić information content (AvgIpc) is 2.87. The minimum absolute atomic E-state index is 0.0464. The number of thiazole rings is 1. The van der Waals surface area contributed by atoms with E-state index in [0.29, 0.717) is 11.5 Å². The molecule has 0 amide bonds. The fourth-order valence-corrected chi connectivity index (χ4v) is 3.33. The summed E-state index contributed by atoms with van der Waals surface area (Å²) in [4.78, 5) is 18.1. The second kappa shape index (κ2) is 7.21. The van der Waals surface area contributed by atoms with Crippen LogP contribution in [-0.4, -0.2) is 55.6 Å². The zero-order valence-corrected chi connectivity index (χ0v) is 12.7. The van der Waals surface area contributed by atoms with E-state index in [-0.39, 0.29) is 17.9 Å². The molecule has 2 rings (SSSR count). The van der Waals surface area contributed by atoms with Crippen molar-refractivity contribution in [3.8, 4) is 0 Å². The second-order valence-electron chi connectivity index (χ2n) is 4.39. The Morgan fingerprint density at radius 1 is 1.55 bits per heavy atom. The molecule has 0 aliphatic carbocycles. The van der Waals surface area contributed by atoms with Gasteiger partial charge in [-0.05, 0) is 12.8 Å². The summed E-state index contributed by atoms with van der Waals surface area (Å²) in [6.07, 6.45) is 1.91. The number of piperidine rings is 1. The first kappa shape index (κ1) is 15.5. The van der Waals surface area contributed by atoms with Gasteiger partial charge in [0.2, 0.25) is 0 Å². The zero-order chi connectivity index (χ0) is 14.5. The molecule has 1 N–H and O–H groups in total. The van der Waals surface area contributed by atoms with Crippen LogP contribution in [0.2, 0.25) is 5.15 Å². The summed E-state index contributed by atoms with van der Waals surface area (Å²) in [5.74, 6) is -0.458. The van der Waals surface area contributed by atoms with Gasteiger partial charge in [0, 0.05) is 13.1 Å². The lowest BCUT2D eigenvalue weighted by Crippen LogP contribution is -2.37. The number of rotatable bonds is 5. The summed E-state index contributed by atoms with van der Waals surface area (Å²) in [5, 5.41) is 9.66. The molecule has 1 aromatic heterocycles. The number of nitrogens with zero attached hydrogens (tertiary/aromatic N) is 2. The second-order valence-corrected chi connectivity index (χ2v) is 5.72. The Balaban J connectivity index is 1.95. The van der Waals surface area contributed by atoms with Crippen molar-refractivity contribution in [2.24, 2.45) is 0 Å². The molecule has 2 heterocycles. The minimum Gasteiger partial charge on any atom is -0.465 e. The van der Waals surface area contributed by atoms with Crippen LogP contribution in [0.5, 0.6) is 0 Å². The Bertz CT molecular complexity index is 460. The Kier molecular flexibility index (Phi) is 5.59. The maximum atomic E-state index is 11.5. The molecular formula is C12H17ClN2O4S. The molecule has 112 valence electrons. The molecule has 1 aliphatic rings. The van der Waals surface area contributed by atoms with Gasteiger partial charge in [-0.1, -0.05) is 22.9 Å². The van der Waals surface area contributed by atoms with E-state index >= 15 is 0 Å². The van der Waals surface area contributed by atoms with Crippen LogP contribution in [0.4, 0.5) is 5.13 Å². The monoisotopic (exact) mass is 320 g/mol. The molecule has 0 unspecified atom stereocenters. The van der Waals surface area contributed by atoms with Crippen LogP contribution in [0.3, 0.4) is 0 Å². The van der Waals surface area contributed by atoms with Crippen molar-refractivity contribution < 1.29 is 19.4 Å². The lowest BCUT2D eigenvalue weighted by molar-refractivity contribution is 0.0159. The molecule has 6 nitrogen and oxygen atoms in total. The van der Waals surface area contributed by atoms with Crippen molar-refractivity contribution in [3.63, 3.8) is 0 Å². The highest BCUT2D eigenvalue weighted by Crippen LogP contribution is 2.32. The molecule has 0 aromatic carbocycles. The summed E-state index contributed by atoms with van der Waals surface area (Å²) in [7, 11) is 1.32. The fourth-order valence-electron chi connectivity index (χ4n) is 2.08. The molecule has 1 fully saturated rings. The highest BCUT2D eigenvalue weighted by molar-refractivity contribution is 7.18. The van der Waals surface area contributed by atoms with E-state index < -0.39 is 5.97 Å².